The summed E-state index contributed by atoms with van der Waals surface area (Å²) >= 11 is 0. The summed E-state index contributed by atoms with van der Waals surface area (Å²) in [6.45, 7) is 0. The van der Waals surface area contributed by atoms with Crippen LogP contribution in [0.25, 0.3) is 0 Å². The Balaban J connectivity index is 1.82. The summed E-state index contributed by atoms with van der Waals surface area (Å²) in [7, 11) is 0. The van der Waals surface area contributed by atoms with Gasteiger partial charge in [-0.05, 0) is 38.0 Å². The molecule has 1 aliphatic carbocycles. The van der Waals surface area contributed by atoms with Crippen molar-refractivity contribution in [1.82, 2.24) is 0 Å². The van der Waals surface area contributed by atoms with Crippen molar-refractivity contribution in [3.8, 4) is 0 Å². The molecule has 0 spiro atoms. The minimum absolute atomic E-state index is 0.733. The number of hydrogen-bond donors (Lipinski definition) is 0. The second kappa shape index (κ2) is 5.11. The van der Waals surface area contributed by atoms with E-state index in [1.54, 1.807) is 0 Å². The van der Waals surface area contributed by atoms with Crippen LogP contribution in [0.3, 0.4) is 0 Å². The van der Waals surface area contributed by atoms with Gasteiger partial charge in [0, 0.05) is 6.42 Å². The molecular weight excluding hydrogens is 136 g/mol. The van der Waals surface area contributed by atoms with Crippen molar-refractivity contribution < 1.29 is 4.79 Å². The van der Waals surface area contributed by atoms with Crippen LogP contribution in [0.15, 0.2) is 12.2 Å². The molecule has 62 valence electrons. The quantitative estimate of drug-likeness (QED) is 0.325. The van der Waals surface area contributed by atoms with Crippen LogP contribution in [-0.4, -0.2) is 6.29 Å². The molecule has 0 atom stereocenters. The molecule has 1 saturated carbocycles. The van der Waals surface area contributed by atoms with E-state index >= 15 is 0 Å². The molecule has 1 aliphatic rings. The summed E-state index contributed by atoms with van der Waals surface area (Å²) in [5.74, 6) is 0.904. The number of rotatable bonds is 6. The van der Waals surface area contributed by atoms with Gasteiger partial charge >= 0.3 is 0 Å². The molecule has 0 amide bonds. The van der Waals surface area contributed by atoms with Gasteiger partial charge in [0.1, 0.15) is 6.29 Å². The van der Waals surface area contributed by atoms with Gasteiger partial charge in [-0.15, -0.1) is 0 Å². The fourth-order valence-corrected chi connectivity index (χ4v) is 1.07. The molecule has 0 aromatic carbocycles. The van der Waals surface area contributed by atoms with Gasteiger partial charge in [-0.25, -0.2) is 0 Å². The Morgan fingerprint density at radius 3 is 2.55 bits per heavy atom. The van der Waals surface area contributed by atoms with Crippen molar-refractivity contribution >= 4 is 6.29 Å². The predicted octanol–water partition coefficient (Wildman–Crippen LogP) is 2.71. The lowest BCUT2D eigenvalue weighted by Gasteiger charge is -1.89. The lowest BCUT2D eigenvalue weighted by Crippen LogP contribution is -1.76. The predicted molar refractivity (Wildman–Crippen MR) is 46.4 cm³/mol. The number of unbranched alkanes of at least 4 members (excludes halogenated alkanes) is 3. The fraction of sp³-hybridized carbons (Fsp3) is 0.700. The third-order valence-electron chi connectivity index (χ3n) is 1.97. The molecule has 0 unspecified atom stereocenters. The topological polar surface area (TPSA) is 17.1 Å². The lowest BCUT2D eigenvalue weighted by atomic mass is 10.2. The molecule has 0 bridgehead atoms. The van der Waals surface area contributed by atoms with Crippen molar-refractivity contribution in [3.05, 3.63) is 12.2 Å². The van der Waals surface area contributed by atoms with E-state index in [2.05, 4.69) is 12.2 Å². The number of aldehydes is 1. The molecule has 0 radical (unpaired) electrons. The number of allylic oxidation sites excluding steroid dienone is 2. The van der Waals surface area contributed by atoms with Crippen LogP contribution in [-0.2, 0) is 4.79 Å². The molecule has 0 aromatic rings. The summed E-state index contributed by atoms with van der Waals surface area (Å²) in [6, 6.07) is 0. The van der Waals surface area contributed by atoms with Crippen LogP contribution in [0.1, 0.15) is 38.5 Å². The lowest BCUT2D eigenvalue weighted by molar-refractivity contribution is -0.107. The van der Waals surface area contributed by atoms with Gasteiger partial charge in [0.2, 0.25) is 0 Å². The van der Waals surface area contributed by atoms with E-state index in [0.717, 1.165) is 31.5 Å². The zero-order valence-electron chi connectivity index (χ0n) is 6.96. The Morgan fingerprint density at radius 2 is 1.91 bits per heavy atom. The monoisotopic (exact) mass is 152 g/mol. The SMILES string of the molecule is O=CCCCC/C=C/C1CC1. The van der Waals surface area contributed by atoms with Crippen LogP contribution < -0.4 is 0 Å². The third kappa shape index (κ3) is 4.77. The highest BCUT2D eigenvalue weighted by Crippen LogP contribution is 2.30. The molecular formula is C10H16O. The highest BCUT2D eigenvalue weighted by atomic mass is 16.1. The van der Waals surface area contributed by atoms with E-state index in [-0.39, 0.29) is 0 Å². The summed E-state index contributed by atoms with van der Waals surface area (Å²) in [6.07, 6.45) is 12.5. The maximum Gasteiger partial charge on any atom is 0.119 e. The average Bonchev–Trinajstić information content (AvgIpc) is 2.80. The van der Waals surface area contributed by atoms with Gasteiger partial charge in [-0.2, -0.15) is 0 Å². The number of carbonyl (C=O) groups is 1. The maximum atomic E-state index is 9.94. The Bertz CT molecular complexity index is 134. The fourth-order valence-electron chi connectivity index (χ4n) is 1.07. The first-order chi connectivity index (χ1) is 5.43. The minimum Gasteiger partial charge on any atom is -0.303 e. The molecule has 0 aromatic heterocycles. The minimum atomic E-state index is 0.733. The maximum absolute atomic E-state index is 9.94. The van der Waals surface area contributed by atoms with Gasteiger partial charge in [0.25, 0.3) is 0 Å². The Morgan fingerprint density at radius 1 is 1.18 bits per heavy atom. The van der Waals surface area contributed by atoms with Crippen LogP contribution >= 0.6 is 0 Å². The Kier molecular flexibility index (Phi) is 3.95. The van der Waals surface area contributed by atoms with E-state index in [1.807, 2.05) is 0 Å². The molecule has 11 heavy (non-hydrogen) atoms. The standard InChI is InChI=1S/C10H16O/c11-9-5-3-1-2-4-6-10-7-8-10/h4,6,9-10H,1-3,5,7-8H2/b6-4+. The average molecular weight is 152 g/mol. The van der Waals surface area contributed by atoms with Gasteiger partial charge < -0.3 is 4.79 Å². The molecule has 0 aliphatic heterocycles. The molecule has 0 heterocycles. The van der Waals surface area contributed by atoms with Crippen LogP contribution in [0.2, 0.25) is 0 Å². The van der Waals surface area contributed by atoms with Crippen LogP contribution in [0.4, 0.5) is 0 Å². The van der Waals surface area contributed by atoms with Crippen LogP contribution in [0, 0.1) is 5.92 Å². The smallest absolute Gasteiger partial charge is 0.119 e. The first-order valence-electron chi connectivity index (χ1n) is 4.54. The molecule has 0 saturated heterocycles. The van der Waals surface area contributed by atoms with Gasteiger partial charge in [-0.1, -0.05) is 12.2 Å². The largest absolute Gasteiger partial charge is 0.303 e. The van der Waals surface area contributed by atoms with Gasteiger partial charge in [0.15, 0.2) is 0 Å². The normalized spacial score (nSPS) is 17.5. The zero-order chi connectivity index (χ0) is 7.94. The molecule has 1 rings (SSSR count). The van der Waals surface area contributed by atoms with E-state index in [1.165, 1.54) is 19.3 Å². The zero-order valence-corrected chi connectivity index (χ0v) is 6.96. The summed E-state index contributed by atoms with van der Waals surface area (Å²) in [4.78, 5) is 9.94. The van der Waals surface area contributed by atoms with E-state index in [0.29, 0.717) is 0 Å². The summed E-state index contributed by atoms with van der Waals surface area (Å²) < 4.78 is 0. The van der Waals surface area contributed by atoms with Gasteiger partial charge in [-0.3, -0.25) is 0 Å². The Hall–Kier alpha value is -0.590. The van der Waals surface area contributed by atoms with E-state index in [4.69, 9.17) is 0 Å². The number of carbonyl (C=O) groups excluding carboxylic acids is 1. The summed E-state index contributed by atoms with van der Waals surface area (Å²) in [5.41, 5.74) is 0. The Labute approximate surface area is 68.5 Å². The second-order valence-electron chi connectivity index (χ2n) is 3.22. The first-order valence-corrected chi connectivity index (χ1v) is 4.54. The molecule has 1 nitrogen and oxygen atoms in total. The van der Waals surface area contributed by atoms with Crippen molar-refractivity contribution in [2.45, 2.75) is 38.5 Å². The van der Waals surface area contributed by atoms with Crippen LogP contribution in [0.5, 0.6) is 0 Å². The first kappa shape index (κ1) is 8.51. The van der Waals surface area contributed by atoms with Gasteiger partial charge in [0.05, 0.1) is 0 Å². The van der Waals surface area contributed by atoms with E-state index < -0.39 is 0 Å². The summed E-state index contributed by atoms with van der Waals surface area (Å²) in [5, 5.41) is 0. The third-order valence-corrected chi connectivity index (χ3v) is 1.97. The highest BCUT2D eigenvalue weighted by molar-refractivity contribution is 5.48. The highest BCUT2D eigenvalue weighted by Gasteiger charge is 2.16. The second-order valence-corrected chi connectivity index (χ2v) is 3.22. The van der Waals surface area contributed by atoms with E-state index in [9.17, 15) is 4.79 Å². The van der Waals surface area contributed by atoms with Crippen molar-refractivity contribution in [2.24, 2.45) is 5.92 Å². The van der Waals surface area contributed by atoms with Crippen molar-refractivity contribution in [1.29, 1.82) is 0 Å². The number of hydrogen-bond acceptors (Lipinski definition) is 1. The molecule has 0 N–H and O–H groups in total. The molecule has 1 heteroatoms. The van der Waals surface area contributed by atoms with Crippen molar-refractivity contribution in [2.75, 3.05) is 0 Å². The van der Waals surface area contributed by atoms with Crippen molar-refractivity contribution in [3.63, 3.8) is 0 Å². The molecule has 1 fully saturated rings.